The van der Waals surface area contributed by atoms with Gasteiger partial charge in [0.2, 0.25) is 0 Å². The fourth-order valence-corrected chi connectivity index (χ4v) is 1.52. The monoisotopic (exact) mass is 265 g/mol. The molecule has 0 aliphatic heterocycles. The Morgan fingerprint density at radius 3 is 2.63 bits per heavy atom. The van der Waals surface area contributed by atoms with Crippen LogP contribution in [0.1, 0.15) is 33.6 Å². The average molecular weight is 265 g/mol. The van der Waals surface area contributed by atoms with Crippen LogP contribution in [0.5, 0.6) is 0 Å². The van der Waals surface area contributed by atoms with Gasteiger partial charge in [0, 0.05) is 19.6 Å². The second kappa shape index (κ2) is 7.56. The maximum Gasteiger partial charge on any atom is 0.320 e. The summed E-state index contributed by atoms with van der Waals surface area (Å²) in [5.41, 5.74) is 0. The van der Waals surface area contributed by atoms with Crippen LogP contribution in [0.4, 0.5) is 16.4 Å². The van der Waals surface area contributed by atoms with E-state index in [0.717, 1.165) is 25.2 Å². The van der Waals surface area contributed by atoms with Crippen molar-refractivity contribution in [3.05, 3.63) is 12.1 Å². The number of carbonyl (C=O) groups is 1. The lowest BCUT2D eigenvalue weighted by Gasteiger charge is -2.17. The quantitative estimate of drug-likeness (QED) is 0.827. The van der Waals surface area contributed by atoms with Crippen molar-refractivity contribution in [1.82, 2.24) is 15.5 Å². The van der Waals surface area contributed by atoms with Crippen molar-refractivity contribution in [3.8, 4) is 0 Å². The number of nitrogens with zero attached hydrogens (tertiary/aromatic N) is 3. The molecule has 0 spiro atoms. The average Bonchev–Trinajstić information content (AvgIpc) is 2.35. The number of rotatable bonds is 6. The number of hydrogen-bond acceptors (Lipinski definition) is 4. The minimum atomic E-state index is -0.267. The van der Waals surface area contributed by atoms with E-state index in [0.29, 0.717) is 5.82 Å². The fraction of sp³-hybridized carbons (Fsp3) is 0.615. The van der Waals surface area contributed by atoms with Crippen molar-refractivity contribution in [2.45, 2.75) is 39.7 Å². The third-order valence-corrected chi connectivity index (χ3v) is 2.55. The van der Waals surface area contributed by atoms with Crippen LogP contribution in [-0.4, -0.2) is 35.9 Å². The van der Waals surface area contributed by atoms with Gasteiger partial charge in [-0.1, -0.05) is 13.3 Å². The Labute approximate surface area is 114 Å². The summed E-state index contributed by atoms with van der Waals surface area (Å²) in [7, 11) is 1.98. The highest BCUT2D eigenvalue weighted by Crippen LogP contribution is 2.10. The van der Waals surface area contributed by atoms with E-state index in [4.69, 9.17) is 0 Å². The molecule has 0 aromatic carbocycles. The number of anilines is 2. The molecule has 2 amide bonds. The molecule has 0 bridgehead atoms. The number of aromatic nitrogens is 2. The third kappa shape index (κ3) is 5.54. The van der Waals surface area contributed by atoms with Gasteiger partial charge in [0.1, 0.15) is 0 Å². The van der Waals surface area contributed by atoms with Gasteiger partial charge in [0.15, 0.2) is 11.6 Å². The molecule has 0 radical (unpaired) electrons. The van der Waals surface area contributed by atoms with Gasteiger partial charge in [0.25, 0.3) is 0 Å². The highest BCUT2D eigenvalue weighted by atomic mass is 16.2. The third-order valence-electron chi connectivity index (χ3n) is 2.55. The van der Waals surface area contributed by atoms with Gasteiger partial charge in [-0.3, -0.25) is 5.32 Å². The molecule has 0 aliphatic carbocycles. The first kappa shape index (κ1) is 15.2. The summed E-state index contributed by atoms with van der Waals surface area (Å²) in [6, 6.07) is 3.43. The van der Waals surface area contributed by atoms with Crippen LogP contribution >= 0.6 is 0 Å². The maximum absolute atomic E-state index is 11.5. The number of nitrogens with one attached hydrogen (secondary N) is 2. The van der Waals surface area contributed by atoms with Crippen LogP contribution in [0.3, 0.4) is 0 Å². The molecule has 106 valence electrons. The lowest BCUT2D eigenvalue weighted by atomic mass is 10.3. The van der Waals surface area contributed by atoms with Crippen LogP contribution in [0, 0.1) is 0 Å². The molecule has 0 fully saturated rings. The van der Waals surface area contributed by atoms with E-state index in [-0.39, 0.29) is 12.1 Å². The SMILES string of the molecule is CCCCN(C)c1ccc(NC(=O)NC(C)C)nn1. The zero-order valence-electron chi connectivity index (χ0n) is 12.1. The smallest absolute Gasteiger partial charge is 0.320 e. The van der Waals surface area contributed by atoms with Gasteiger partial charge in [-0.05, 0) is 32.4 Å². The van der Waals surface area contributed by atoms with Gasteiger partial charge in [-0.2, -0.15) is 0 Å². The number of unbranched alkanes of at least 4 members (excludes halogenated alkanes) is 1. The number of urea groups is 1. The van der Waals surface area contributed by atoms with Crippen molar-refractivity contribution >= 4 is 17.7 Å². The summed E-state index contributed by atoms with van der Waals surface area (Å²) >= 11 is 0. The van der Waals surface area contributed by atoms with Crippen molar-refractivity contribution < 1.29 is 4.79 Å². The maximum atomic E-state index is 11.5. The molecule has 0 atom stereocenters. The molecular formula is C13H23N5O. The topological polar surface area (TPSA) is 70.2 Å². The first-order valence-corrected chi connectivity index (χ1v) is 6.65. The van der Waals surface area contributed by atoms with Gasteiger partial charge in [-0.15, -0.1) is 10.2 Å². The minimum Gasteiger partial charge on any atom is -0.358 e. The number of amides is 2. The Balaban J connectivity index is 2.53. The Hall–Kier alpha value is -1.85. The molecule has 0 unspecified atom stereocenters. The van der Waals surface area contributed by atoms with Crippen LogP contribution in [0.15, 0.2) is 12.1 Å². The summed E-state index contributed by atoms with van der Waals surface area (Å²) in [6.07, 6.45) is 2.27. The largest absolute Gasteiger partial charge is 0.358 e. The second-order valence-corrected chi connectivity index (χ2v) is 4.81. The van der Waals surface area contributed by atoms with Crippen LogP contribution in [0.25, 0.3) is 0 Å². The molecule has 0 aliphatic rings. The van der Waals surface area contributed by atoms with E-state index in [2.05, 4.69) is 32.7 Å². The Morgan fingerprint density at radius 2 is 2.11 bits per heavy atom. The normalized spacial score (nSPS) is 10.4. The molecule has 0 saturated carbocycles. The molecule has 1 rings (SSSR count). The lowest BCUT2D eigenvalue weighted by molar-refractivity contribution is 0.250. The zero-order valence-corrected chi connectivity index (χ0v) is 12.1. The van der Waals surface area contributed by atoms with Crippen molar-refractivity contribution in [1.29, 1.82) is 0 Å². The molecule has 6 heteroatoms. The molecule has 1 aromatic heterocycles. The predicted molar refractivity (Wildman–Crippen MR) is 77.5 cm³/mol. The molecule has 1 aromatic rings. The van der Waals surface area contributed by atoms with E-state index in [1.165, 1.54) is 0 Å². The van der Waals surface area contributed by atoms with Crippen LogP contribution < -0.4 is 15.5 Å². The minimum absolute atomic E-state index is 0.0902. The van der Waals surface area contributed by atoms with E-state index in [9.17, 15) is 4.79 Å². The summed E-state index contributed by atoms with van der Waals surface area (Å²) in [6.45, 7) is 6.90. The first-order chi connectivity index (χ1) is 9.02. The Morgan fingerprint density at radius 1 is 1.37 bits per heavy atom. The standard InChI is InChI=1S/C13H23N5O/c1-5-6-9-18(4)12-8-7-11(16-17-12)15-13(19)14-10(2)3/h7-8,10H,5-6,9H2,1-4H3,(H2,14,15,16,19). The van der Waals surface area contributed by atoms with Crippen LogP contribution in [0.2, 0.25) is 0 Å². The zero-order chi connectivity index (χ0) is 14.3. The van der Waals surface area contributed by atoms with Crippen molar-refractivity contribution in [3.63, 3.8) is 0 Å². The summed E-state index contributed by atoms with van der Waals surface area (Å²) in [5.74, 6) is 1.26. The Bertz CT molecular complexity index is 391. The second-order valence-electron chi connectivity index (χ2n) is 4.81. The number of carbonyl (C=O) groups excluding carboxylic acids is 1. The van der Waals surface area contributed by atoms with Gasteiger partial charge < -0.3 is 10.2 Å². The van der Waals surface area contributed by atoms with Crippen molar-refractivity contribution in [2.24, 2.45) is 0 Å². The molecular weight excluding hydrogens is 242 g/mol. The summed E-state index contributed by atoms with van der Waals surface area (Å²) in [4.78, 5) is 13.5. The highest BCUT2D eigenvalue weighted by Gasteiger charge is 2.06. The molecule has 1 heterocycles. The predicted octanol–water partition coefficient (Wildman–Crippen LogP) is 2.24. The van der Waals surface area contributed by atoms with E-state index in [1.54, 1.807) is 6.07 Å². The number of hydrogen-bond donors (Lipinski definition) is 2. The molecule has 19 heavy (non-hydrogen) atoms. The highest BCUT2D eigenvalue weighted by molar-refractivity contribution is 5.88. The molecule has 6 nitrogen and oxygen atoms in total. The van der Waals surface area contributed by atoms with E-state index in [1.807, 2.05) is 27.0 Å². The van der Waals surface area contributed by atoms with Crippen molar-refractivity contribution in [2.75, 3.05) is 23.8 Å². The Kier molecular flexibility index (Phi) is 6.05. The van der Waals surface area contributed by atoms with Crippen LogP contribution in [-0.2, 0) is 0 Å². The van der Waals surface area contributed by atoms with Gasteiger partial charge in [-0.25, -0.2) is 4.79 Å². The van der Waals surface area contributed by atoms with E-state index >= 15 is 0 Å². The van der Waals surface area contributed by atoms with E-state index < -0.39 is 0 Å². The van der Waals surface area contributed by atoms with Gasteiger partial charge in [0.05, 0.1) is 0 Å². The lowest BCUT2D eigenvalue weighted by Crippen LogP contribution is -2.34. The molecule has 0 saturated heterocycles. The summed E-state index contributed by atoms with van der Waals surface area (Å²) < 4.78 is 0. The summed E-state index contributed by atoms with van der Waals surface area (Å²) in [5, 5.41) is 13.5. The first-order valence-electron chi connectivity index (χ1n) is 6.65. The fourth-order valence-electron chi connectivity index (χ4n) is 1.52. The molecule has 2 N–H and O–H groups in total. The van der Waals surface area contributed by atoms with Gasteiger partial charge >= 0.3 is 6.03 Å².